The van der Waals surface area contributed by atoms with Gasteiger partial charge in [0.05, 0.1) is 18.1 Å². The van der Waals surface area contributed by atoms with Gasteiger partial charge in [0.2, 0.25) is 0 Å². The van der Waals surface area contributed by atoms with Crippen LogP contribution >= 0.6 is 0 Å². The van der Waals surface area contributed by atoms with Gasteiger partial charge in [0.25, 0.3) is 0 Å². The molecule has 0 unspecified atom stereocenters. The lowest BCUT2D eigenvalue weighted by Gasteiger charge is -2.09. The average Bonchev–Trinajstić information content (AvgIpc) is 3.40. The SMILES string of the molecule is CCC(=O)Oc1cn(CCc2ccc(OC)cc2)c2nc(CC)n3c4ccccc4nc3c12. The number of hydrogen-bond donors (Lipinski definition) is 0. The molecule has 0 aliphatic heterocycles. The van der Waals surface area contributed by atoms with Crippen LogP contribution in [-0.2, 0) is 24.2 Å². The topological polar surface area (TPSA) is 70.7 Å². The van der Waals surface area contributed by atoms with E-state index in [9.17, 15) is 4.79 Å². The van der Waals surface area contributed by atoms with Gasteiger partial charge in [-0.2, -0.15) is 0 Å². The number of rotatable bonds is 7. The number of benzene rings is 2. The first-order chi connectivity index (χ1) is 16.1. The Morgan fingerprint density at radius 2 is 1.79 bits per heavy atom. The molecule has 2 aromatic carbocycles. The fraction of sp³-hybridized carbons (Fsp3) is 0.269. The van der Waals surface area contributed by atoms with Crippen molar-refractivity contribution < 1.29 is 14.3 Å². The third-order valence-corrected chi connectivity index (χ3v) is 5.92. The van der Waals surface area contributed by atoms with Crippen LogP contribution in [0.4, 0.5) is 0 Å². The summed E-state index contributed by atoms with van der Waals surface area (Å²) < 4.78 is 15.2. The van der Waals surface area contributed by atoms with Crippen molar-refractivity contribution in [1.29, 1.82) is 0 Å². The number of nitrogens with zero attached hydrogens (tertiary/aromatic N) is 4. The van der Waals surface area contributed by atoms with Crippen LogP contribution in [0.1, 0.15) is 31.7 Å². The number of fused-ring (bicyclic) bond motifs is 5. The Kier molecular flexibility index (Phi) is 5.46. The van der Waals surface area contributed by atoms with Crippen molar-refractivity contribution in [2.45, 2.75) is 39.7 Å². The maximum atomic E-state index is 12.2. The number of carbonyl (C=O) groups excluding carboxylic acids is 1. The molecule has 7 heteroatoms. The quantitative estimate of drug-likeness (QED) is 0.333. The molecule has 0 fully saturated rings. The molecular weight excluding hydrogens is 416 g/mol. The van der Waals surface area contributed by atoms with Crippen molar-refractivity contribution in [3.8, 4) is 11.5 Å². The Morgan fingerprint density at radius 1 is 1.00 bits per heavy atom. The summed E-state index contributed by atoms with van der Waals surface area (Å²) in [5.41, 5.74) is 4.62. The number of hydrogen-bond acceptors (Lipinski definition) is 5. The highest BCUT2D eigenvalue weighted by atomic mass is 16.5. The van der Waals surface area contributed by atoms with Gasteiger partial charge in [-0.3, -0.25) is 9.20 Å². The van der Waals surface area contributed by atoms with Crippen LogP contribution in [0.2, 0.25) is 0 Å². The van der Waals surface area contributed by atoms with Gasteiger partial charge in [0.1, 0.15) is 22.6 Å². The number of ether oxygens (including phenoxy) is 2. The summed E-state index contributed by atoms with van der Waals surface area (Å²) in [5.74, 6) is 1.98. The van der Waals surface area contributed by atoms with E-state index in [0.29, 0.717) is 18.7 Å². The van der Waals surface area contributed by atoms with Gasteiger partial charge in [0, 0.05) is 25.6 Å². The number of para-hydroxylation sites is 2. The summed E-state index contributed by atoms with van der Waals surface area (Å²) in [5, 5.41) is 0.764. The fourth-order valence-electron chi connectivity index (χ4n) is 4.20. The minimum absolute atomic E-state index is 0.280. The fourth-order valence-corrected chi connectivity index (χ4v) is 4.20. The monoisotopic (exact) mass is 442 g/mol. The molecule has 0 amide bonds. The van der Waals surface area contributed by atoms with Crippen molar-refractivity contribution in [3.63, 3.8) is 0 Å². The van der Waals surface area contributed by atoms with Crippen LogP contribution in [-0.4, -0.2) is 32.0 Å². The van der Waals surface area contributed by atoms with E-state index in [1.807, 2.05) is 42.6 Å². The summed E-state index contributed by atoms with van der Waals surface area (Å²) in [4.78, 5) is 22.1. The van der Waals surface area contributed by atoms with E-state index in [1.165, 1.54) is 5.56 Å². The normalized spacial score (nSPS) is 11.5. The van der Waals surface area contributed by atoms with Crippen molar-refractivity contribution in [2.24, 2.45) is 0 Å². The van der Waals surface area contributed by atoms with Gasteiger partial charge >= 0.3 is 5.97 Å². The second-order valence-electron chi connectivity index (χ2n) is 7.95. The lowest BCUT2D eigenvalue weighted by atomic mass is 10.1. The van der Waals surface area contributed by atoms with Gasteiger partial charge < -0.3 is 14.0 Å². The first-order valence-electron chi connectivity index (χ1n) is 11.3. The number of esters is 1. The Balaban J connectivity index is 1.67. The highest BCUT2D eigenvalue weighted by molar-refractivity contribution is 6.00. The second-order valence-corrected chi connectivity index (χ2v) is 7.95. The van der Waals surface area contributed by atoms with Gasteiger partial charge in [-0.15, -0.1) is 0 Å². The van der Waals surface area contributed by atoms with E-state index in [-0.39, 0.29) is 5.97 Å². The minimum Gasteiger partial charge on any atom is -0.497 e. The Labute approximate surface area is 191 Å². The van der Waals surface area contributed by atoms with Gasteiger partial charge in [-0.1, -0.05) is 38.1 Å². The summed E-state index contributed by atoms with van der Waals surface area (Å²) >= 11 is 0. The van der Waals surface area contributed by atoms with E-state index < -0.39 is 0 Å². The largest absolute Gasteiger partial charge is 0.497 e. The number of aryl methyl sites for hydroxylation is 3. The van der Waals surface area contributed by atoms with E-state index in [1.54, 1.807) is 14.0 Å². The molecule has 0 radical (unpaired) electrons. The Bertz CT molecular complexity index is 1460. The third kappa shape index (κ3) is 3.69. The van der Waals surface area contributed by atoms with Crippen LogP contribution in [0.25, 0.3) is 27.7 Å². The van der Waals surface area contributed by atoms with E-state index in [4.69, 9.17) is 19.4 Å². The molecule has 3 heterocycles. The molecule has 0 N–H and O–H groups in total. The summed E-state index contributed by atoms with van der Waals surface area (Å²) in [7, 11) is 1.66. The Hall–Kier alpha value is -3.87. The van der Waals surface area contributed by atoms with Crippen LogP contribution in [0.5, 0.6) is 11.5 Å². The predicted molar refractivity (Wildman–Crippen MR) is 128 cm³/mol. The maximum Gasteiger partial charge on any atom is 0.310 e. The molecule has 5 aromatic rings. The van der Waals surface area contributed by atoms with Crippen molar-refractivity contribution in [2.75, 3.05) is 7.11 Å². The molecule has 0 aliphatic rings. The average molecular weight is 443 g/mol. The summed E-state index contributed by atoms with van der Waals surface area (Å²) in [6.45, 7) is 4.57. The molecule has 0 bridgehead atoms. The summed E-state index contributed by atoms with van der Waals surface area (Å²) in [6.07, 6.45) is 3.74. The second kappa shape index (κ2) is 8.58. The molecular formula is C26H26N4O3. The van der Waals surface area contributed by atoms with Crippen LogP contribution in [0.15, 0.2) is 54.7 Å². The highest BCUT2D eigenvalue weighted by Gasteiger charge is 2.21. The molecule has 0 saturated carbocycles. The van der Waals surface area contributed by atoms with E-state index >= 15 is 0 Å². The first kappa shape index (κ1) is 21.0. The van der Waals surface area contributed by atoms with Gasteiger partial charge in [-0.05, 0) is 36.2 Å². The number of methoxy groups -OCH3 is 1. The molecule has 0 saturated heterocycles. The molecule has 5 rings (SSSR count). The number of aromatic nitrogens is 4. The Morgan fingerprint density at radius 3 is 2.52 bits per heavy atom. The van der Waals surface area contributed by atoms with Crippen molar-refractivity contribution in [3.05, 3.63) is 66.1 Å². The highest BCUT2D eigenvalue weighted by Crippen LogP contribution is 2.34. The zero-order valence-electron chi connectivity index (χ0n) is 19.0. The lowest BCUT2D eigenvalue weighted by Crippen LogP contribution is -2.06. The molecule has 0 aliphatic carbocycles. The van der Waals surface area contributed by atoms with E-state index in [2.05, 4.69) is 28.0 Å². The zero-order chi connectivity index (χ0) is 22.9. The molecule has 0 atom stereocenters. The van der Waals surface area contributed by atoms with Gasteiger partial charge in [-0.25, -0.2) is 9.97 Å². The lowest BCUT2D eigenvalue weighted by molar-refractivity contribution is -0.133. The molecule has 7 nitrogen and oxygen atoms in total. The van der Waals surface area contributed by atoms with Crippen molar-refractivity contribution in [1.82, 2.24) is 18.9 Å². The van der Waals surface area contributed by atoms with Crippen LogP contribution in [0, 0.1) is 0 Å². The molecule has 33 heavy (non-hydrogen) atoms. The zero-order valence-corrected chi connectivity index (χ0v) is 19.0. The number of imidazole rings is 1. The maximum absolute atomic E-state index is 12.2. The predicted octanol–water partition coefficient (Wildman–Crippen LogP) is 4.97. The smallest absolute Gasteiger partial charge is 0.310 e. The van der Waals surface area contributed by atoms with Crippen LogP contribution in [0.3, 0.4) is 0 Å². The van der Waals surface area contributed by atoms with Gasteiger partial charge in [0.15, 0.2) is 11.4 Å². The number of carbonyl (C=O) groups is 1. The standard InChI is InChI=1S/C26H26N4O3/c1-4-22-28-25-24(26-27-19-8-6-7-9-20(19)30(22)26)21(33-23(31)5-2)16-29(25)15-14-17-10-12-18(32-3)13-11-17/h6-13,16H,4-5,14-15H2,1-3H3. The third-order valence-electron chi connectivity index (χ3n) is 5.92. The van der Waals surface area contributed by atoms with Crippen molar-refractivity contribution >= 4 is 33.7 Å². The molecule has 168 valence electrons. The minimum atomic E-state index is -0.280. The first-order valence-corrected chi connectivity index (χ1v) is 11.3. The van der Waals surface area contributed by atoms with Crippen LogP contribution < -0.4 is 9.47 Å². The summed E-state index contributed by atoms with van der Waals surface area (Å²) in [6, 6.07) is 16.1. The molecule has 0 spiro atoms. The molecule has 3 aromatic heterocycles. The van der Waals surface area contributed by atoms with E-state index in [0.717, 1.165) is 52.1 Å².